The van der Waals surface area contributed by atoms with E-state index in [0.29, 0.717) is 11.3 Å². The summed E-state index contributed by atoms with van der Waals surface area (Å²) in [5.74, 6) is -0.215. The quantitative estimate of drug-likeness (QED) is 0.571. The molecular formula is C18H22O5. The van der Waals surface area contributed by atoms with Crippen molar-refractivity contribution >= 4 is 18.0 Å². The molecule has 1 aromatic carbocycles. The molecule has 0 fully saturated rings. The molecule has 0 aliphatic heterocycles. The largest absolute Gasteiger partial charge is 0.489 e. The molecule has 0 N–H and O–H groups in total. The van der Waals surface area contributed by atoms with Crippen molar-refractivity contribution in [1.82, 2.24) is 0 Å². The second-order valence-electron chi connectivity index (χ2n) is 5.64. The molecule has 0 spiro atoms. The van der Waals surface area contributed by atoms with Crippen molar-refractivity contribution in [2.45, 2.75) is 26.4 Å². The number of rotatable bonds is 7. The number of methoxy groups -OCH3 is 1. The summed E-state index contributed by atoms with van der Waals surface area (Å²) in [4.78, 5) is 22.6. The monoisotopic (exact) mass is 318 g/mol. The van der Waals surface area contributed by atoms with Gasteiger partial charge < -0.3 is 14.2 Å². The summed E-state index contributed by atoms with van der Waals surface area (Å²) < 4.78 is 15.4. The number of carbonyl (C=O) groups excluding carboxylic acids is 2. The zero-order valence-corrected chi connectivity index (χ0v) is 13.9. The highest BCUT2D eigenvalue weighted by Gasteiger charge is 2.24. The Morgan fingerprint density at radius 3 is 2.35 bits per heavy atom. The topological polar surface area (TPSA) is 61.8 Å². The first-order valence-corrected chi connectivity index (χ1v) is 7.11. The van der Waals surface area contributed by atoms with E-state index < -0.39 is 17.5 Å². The molecule has 0 saturated heterocycles. The maximum atomic E-state index is 11.5. The van der Waals surface area contributed by atoms with Crippen LogP contribution in [0.2, 0.25) is 0 Å². The SMILES string of the molecule is C=C(C)C(=O)OC(C)(C)COc1ccc(/C=C/C(=O)OC)cc1. The normalized spacial score (nSPS) is 11.1. The molecule has 5 nitrogen and oxygen atoms in total. The first-order chi connectivity index (χ1) is 10.7. The lowest BCUT2D eigenvalue weighted by Crippen LogP contribution is -2.35. The predicted molar refractivity (Wildman–Crippen MR) is 88.0 cm³/mol. The predicted octanol–water partition coefficient (Wildman–Crippen LogP) is 3.15. The molecule has 5 heteroatoms. The molecule has 124 valence electrons. The fourth-order valence-corrected chi connectivity index (χ4v) is 1.53. The van der Waals surface area contributed by atoms with Crippen molar-refractivity contribution in [3.8, 4) is 5.75 Å². The van der Waals surface area contributed by atoms with Crippen LogP contribution in [0.5, 0.6) is 5.75 Å². The number of hydrogen-bond donors (Lipinski definition) is 0. The van der Waals surface area contributed by atoms with E-state index in [2.05, 4.69) is 11.3 Å². The molecule has 0 amide bonds. The van der Waals surface area contributed by atoms with Gasteiger partial charge in [0.2, 0.25) is 0 Å². The van der Waals surface area contributed by atoms with Crippen LogP contribution in [0.1, 0.15) is 26.3 Å². The maximum absolute atomic E-state index is 11.5. The lowest BCUT2D eigenvalue weighted by Gasteiger charge is -2.25. The second-order valence-corrected chi connectivity index (χ2v) is 5.64. The summed E-state index contributed by atoms with van der Waals surface area (Å²) in [7, 11) is 1.33. The zero-order chi connectivity index (χ0) is 17.5. The van der Waals surface area contributed by atoms with Gasteiger partial charge in [0.05, 0.1) is 7.11 Å². The first kappa shape index (κ1) is 18.5. The van der Waals surface area contributed by atoms with Gasteiger partial charge in [-0.2, -0.15) is 0 Å². The van der Waals surface area contributed by atoms with Gasteiger partial charge in [0.25, 0.3) is 0 Å². The van der Waals surface area contributed by atoms with Crippen LogP contribution in [0, 0.1) is 0 Å². The van der Waals surface area contributed by atoms with Gasteiger partial charge in [-0.3, -0.25) is 0 Å². The van der Waals surface area contributed by atoms with E-state index in [1.54, 1.807) is 39.0 Å². The molecule has 0 radical (unpaired) electrons. The van der Waals surface area contributed by atoms with Crippen LogP contribution in [0.15, 0.2) is 42.5 Å². The fourth-order valence-electron chi connectivity index (χ4n) is 1.53. The zero-order valence-electron chi connectivity index (χ0n) is 13.9. The number of ether oxygens (including phenoxy) is 3. The molecule has 0 aliphatic carbocycles. The molecule has 0 bridgehead atoms. The highest BCUT2D eigenvalue weighted by Crippen LogP contribution is 2.18. The molecule has 0 atom stereocenters. The van der Waals surface area contributed by atoms with Gasteiger partial charge in [-0.15, -0.1) is 0 Å². The standard InChI is InChI=1S/C18H22O5/c1-13(2)17(20)23-18(3,4)12-22-15-9-6-14(7-10-15)8-11-16(19)21-5/h6-11H,1,12H2,2-5H3/b11-8+. The van der Waals surface area contributed by atoms with Gasteiger partial charge >= 0.3 is 11.9 Å². The van der Waals surface area contributed by atoms with Crippen molar-refractivity contribution in [3.63, 3.8) is 0 Å². The van der Waals surface area contributed by atoms with Crippen LogP contribution in [0.4, 0.5) is 0 Å². The van der Waals surface area contributed by atoms with E-state index in [9.17, 15) is 9.59 Å². The molecule has 23 heavy (non-hydrogen) atoms. The first-order valence-electron chi connectivity index (χ1n) is 7.11. The van der Waals surface area contributed by atoms with Crippen LogP contribution in [0.25, 0.3) is 6.08 Å². The molecule has 1 aromatic rings. The van der Waals surface area contributed by atoms with E-state index in [0.717, 1.165) is 5.56 Å². The van der Waals surface area contributed by atoms with Crippen molar-refractivity contribution < 1.29 is 23.8 Å². The summed E-state index contributed by atoms with van der Waals surface area (Å²) in [6.07, 6.45) is 2.99. The fraction of sp³-hybridized carbons (Fsp3) is 0.333. The van der Waals surface area contributed by atoms with Crippen LogP contribution >= 0.6 is 0 Å². The Labute approximate surface area is 136 Å². The lowest BCUT2D eigenvalue weighted by atomic mass is 10.1. The molecule has 1 rings (SSSR count). The smallest absolute Gasteiger partial charge is 0.333 e. The Bertz CT molecular complexity index is 596. The number of carbonyl (C=O) groups is 2. The van der Waals surface area contributed by atoms with E-state index in [-0.39, 0.29) is 6.61 Å². The number of esters is 2. The van der Waals surface area contributed by atoms with Gasteiger partial charge in [0.1, 0.15) is 18.0 Å². The average molecular weight is 318 g/mol. The molecule has 0 heterocycles. The van der Waals surface area contributed by atoms with E-state index >= 15 is 0 Å². The molecule has 0 aromatic heterocycles. The Morgan fingerprint density at radius 2 is 1.83 bits per heavy atom. The number of hydrogen-bond acceptors (Lipinski definition) is 5. The van der Waals surface area contributed by atoms with Gasteiger partial charge in [0, 0.05) is 11.6 Å². The maximum Gasteiger partial charge on any atom is 0.333 e. The van der Waals surface area contributed by atoms with Crippen LogP contribution < -0.4 is 4.74 Å². The van der Waals surface area contributed by atoms with Gasteiger partial charge in [-0.05, 0) is 44.5 Å². The Morgan fingerprint density at radius 1 is 1.22 bits per heavy atom. The van der Waals surface area contributed by atoms with E-state index in [4.69, 9.17) is 9.47 Å². The minimum atomic E-state index is -0.764. The van der Waals surface area contributed by atoms with Crippen LogP contribution in [0.3, 0.4) is 0 Å². The van der Waals surface area contributed by atoms with E-state index in [1.807, 2.05) is 12.1 Å². The van der Waals surface area contributed by atoms with Crippen molar-refractivity contribution in [2.75, 3.05) is 13.7 Å². The Hall–Kier alpha value is -2.56. The Balaban J connectivity index is 2.58. The van der Waals surface area contributed by atoms with Crippen molar-refractivity contribution in [2.24, 2.45) is 0 Å². The third-order valence-corrected chi connectivity index (χ3v) is 2.80. The molecular weight excluding hydrogens is 296 g/mol. The van der Waals surface area contributed by atoms with Crippen molar-refractivity contribution in [1.29, 1.82) is 0 Å². The minimum absolute atomic E-state index is 0.212. The summed E-state index contributed by atoms with van der Waals surface area (Å²) in [6.45, 7) is 8.89. The van der Waals surface area contributed by atoms with Crippen LogP contribution in [-0.4, -0.2) is 31.3 Å². The van der Waals surface area contributed by atoms with Crippen LogP contribution in [-0.2, 0) is 19.1 Å². The highest BCUT2D eigenvalue weighted by molar-refractivity contribution is 5.87. The molecule has 0 unspecified atom stereocenters. The highest BCUT2D eigenvalue weighted by atomic mass is 16.6. The minimum Gasteiger partial charge on any atom is -0.489 e. The van der Waals surface area contributed by atoms with Gasteiger partial charge in [-0.1, -0.05) is 18.7 Å². The summed E-state index contributed by atoms with van der Waals surface area (Å²) in [5.41, 5.74) is 0.426. The lowest BCUT2D eigenvalue weighted by molar-refractivity contribution is -0.154. The molecule has 0 saturated carbocycles. The summed E-state index contributed by atoms with van der Waals surface area (Å²) in [5, 5.41) is 0. The average Bonchev–Trinajstić information content (AvgIpc) is 2.51. The van der Waals surface area contributed by atoms with Gasteiger partial charge in [0.15, 0.2) is 0 Å². The third-order valence-electron chi connectivity index (χ3n) is 2.80. The van der Waals surface area contributed by atoms with Gasteiger partial charge in [-0.25, -0.2) is 9.59 Å². The Kier molecular flexibility index (Phi) is 6.57. The van der Waals surface area contributed by atoms with Crippen molar-refractivity contribution in [3.05, 3.63) is 48.1 Å². The number of benzene rings is 1. The summed E-state index contributed by atoms with van der Waals surface area (Å²) in [6, 6.07) is 7.16. The van der Waals surface area contributed by atoms with E-state index in [1.165, 1.54) is 13.2 Å². The second kappa shape index (κ2) is 8.17. The molecule has 0 aliphatic rings. The third kappa shape index (κ3) is 6.82. The summed E-state index contributed by atoms with van der Waals surface area (Å²) >= 11 is 0.